The number of benzene rings is 3. The quantitative estimate of drug-likeness (QED) is 0.183. The Bertz CT molecular complexity index is 2230. The molecule has 59 heavy (non-hydrogen) atoms. The average molecular weight is 808 g/mol. The van der Waals surface area contributed by atoms with E-state index < -0.39 is 76.3 Å². The Balaban J connectivity index is 0.898. The minimum Gasteiger partial charge on any atom is -0.461 e. The smallest absolute Gasteiger partial charge is 0.306 e. The van der Waals surface area contributed by atoms with Crippen molar-refractivity contribution < 1.29 is 48.0 Å². The number of halogens is 1. The molecule has 3 aromatic rings. The molecule has 3 saturated carbocycles. The molecule has 3 fully saturated rings. The summed E-state index contributed by atoms with van der Waals surface area (Å²) >= 11 is 0. The lowest BCUT2D eigenvalue weighted by Gasteiger charge is -2.62. The average Bonchev–Trinajstić information content (AvgIpc) is 3.40. The second kappa shape index (κ2) is 16.0. The summed E-state index contributed by atoms with van der Waals surface area (Å²) in [5, 5.41) is 25.9. The van der Waals surface area contributed by atoms with Crippen LogP contribution in [0.15, 0.2) is 90.5 Å². The Morgan fingerprint density at radius 1 is 0.915 bits per heavy atom. The van der Waals surface area contributed by atoms with E-state index in [1.165, 1.54) is 12.2 Å². The number of Topliss-reactive ketones (excluding diaryl/α,β-unsaturated/α-hetero) is 2. The molecule has 10 nitrogen and oxygen atoms in total. The van der Waals surface area contributed by atoms with Gasteiger partial charge in [0.2, 0.25) is 5.78 Å². The Morgan fingerprint density at radius 2 is 1.58 bits per heavy atom. The van der Waals surface area contributed by atoms with Crippen LogP contribution in [-0.4, -0.2) is 82.5 Å². The van der Waals surface area contributed by atoms with Crippen LogP contribution in [0, 0.1) is 28.6 Å². The highest BCUT2D eigenvalue weighted by Gasteiger charge is 2.75. The summed E-state index contributed by atoms with van der Waals surface area (Å²) in [4.78, 5) is 66.6. The predicted molar refractivity (Wildman–Crippen MR) is 218 cm³/mol. The number of aliphatic hydroxyl groups is 2. The number of alkyl halides is 1. The van der Waals surface area contributed by atoms with Crippen LogP contribution in [0.1, 0.15) is 82.0 Å². The molecule has 0 aliphatic heterocycles. The number of rotatable bonds is 13. The van der Waals surface area contributed by atoms with Gasteiger partial charge in [-0.3, -0.25) is 28.9 Å². The summed E-state index contributed by atoms with van der Waals surface area (Å²) < 4.78 is 28.1. The molecular formula is C48H54FNO9. The number of carbonyl (C=O) groups excluding carboxylic acids is 5. The maximum atomic E-state index is 17.5. The Hall–Kier alpha value is -4.84. The third-order valence-electron chi connectivity index (χ3n) is 14.3. The lowest BCUT2D eigenvalue weighted by molar-refractivity contribution is -0.220. The monoisotopic (exact) mass is 807 g/mol. The molecule has 0 radical (unpaired) electrons. The number of fused-ring (bicyclic) bond motifs is 6. The van der Waals surface area contributed by atoms with Gasteiger partial charge in [0.25, 0.3) is 0 Å². The van der Waals surface area contributed by atoms with E-state index in [2.05, 4.69) is 0 Å². The number of hydrogen-bond donors (Lipinski definition) is 2. The first-order valence-corrected chi connectivity index (χ1v) is 20.6. The summed E-state index contributed by atoms with van der Waals surface area (Å²) in [6, 6.07) is 20.8. The lowest BCUT2D eigenvalue weighted by Crippen LogP contribution is -2.69. The summed E-state index contributed by atoms with van der Waals surface area (Å²) in [5.74, 6) is -4.10. The normalized spacial score (nSPS) is 31.5. The van der Waals surface area contributed by atoms with Crippen LogP contribution < -0.4 is 0 Å². The van der Waals surface area contributed by atoms with Gasteiger partial charge in [-0.2, -0.15) is 0 Å². The zero-order valence-electron chi connectivity index (χ0n) is 34.4. The first-order chi connectivity index (χ1) is 27.9. The molecule has 9 atom stereocenters. The molecule has 11 heteroatoms. The molecule has 0 spiro atoms. The first kappa shape index (κ1) is 42.3. The number of hydrogen-bond acceptors (Lipinski definition) is 10. The molecule has 312 valence electrons. The number of esters is 2. The van der Waals surface area contributed by atoms with Crippen molar-refractivity contribution >= 4 is 40.1 Å². The standard InChI is InChI=1S/C48H54FNO9/c1-29-22-38-37-17-16-35-25-36(51)20-21-45(35,2)47(37,49)40(53)26-46(38,3)48(29,57)41(54)28-59-43(56)19-18-42(55)58-27-30-10-14-33(15-11-30)44(50(4)5)39(52)24-31-12-13-32-8-6-7-9-34(32)23-31/h6-15,20-21,23,25,29,37-38,40,44,53,57H,16-19,22,24,26-28H2,1-5H3/t29-,37+,38+,40+,44-,45+,46+,47+,48+/m1/s1. The van der Waals surface area contributed by atoms with E-state index in [0.29, 0.717) is 30.4 Å². The molecule has 3 aromatic carbocycles. The van der Waals surface area contributed by atoms with Crippen LogP contribution in [-0.2, 0) is 46.5 Å². The van der Waals surface area contributed by atoms with Gasteiger partial charge in [0, 0.05) is 23.2 Å². The second-order valence-electron chi connectivity index (χ2n) is 17.8. The topological polar surface area (TPSA) is 148 Å². The zero-order chi connectivity index (χ0) is 42.5. The van der Waals surface area contributed by atoms with Crippen molar-refractivity contribution in [3.63, 3.8) is 0 Å². The molecule has 0 bridgehead atoms. The van der Waals surface area contributed by atoms with Crippen LogP contribution in [0.5, 0.6) is 0 Å². The third kappa shape index (κ3) is 7.29. The van der Waals surface area contributed by atoms with Gasteiger partial charge in [0.15, 0.2) is 23.8 Å². The van der Waals surface area contributed by atoms with Crippen LogP contribution in [0.4, 0.5) is 4.39 Å². The molecule has 2 N–H and O–H groups in total. The minimum atomic E-state index is -2.11. The highest BCUT2D eigenvalue weighted by Crippen LogP contribution is 2.70. The van der Waals surface area contributed by atoms with Crippen LogP contribution in [0.25, 0.3) is 10.8 Å². The van der Waals surface area contributed by atoms with Crippen LogP contribution in [0.3, 0.4) is 0 Å². The van der Waals surface area contributed by atoms with Gasteiger partial charge in [0.1, 0.15) is 12.2 Å². The molecular weight excluding hydrogens is 754 g/mol. The van der Waals surface area contributed by atoms with Crippen molar-refractivity contribution in [2.75, 3.05) is 20.7 Å². The maximum Gasteiger partial charge on any atom is 0.306 e. The first-order valence-electron chi connectivity index (χ1n) is 20.6. The van der Waals surface area contributed by atoms with Crippen LogP contribution >= 0.6 is 0 Å². The number of carbonyl (C=O) groups is 5. The maximum absolute atomic E-state index is 17.5. The molecule has 0 heterocycles. The Morgan fingerprint density at radius 3 is 2.27 bits per heavy atom. The van der Waals surface area contributed by atoms with Crippen molar-refractivity contribution in [3.05, 3.63) is 107 Å². The van der Waals surface area contributed by atoms with E-state index in [-0.39, 0.29) is 43.9 Å². The van der Waals surface area contributed by atoms with Crippen molar-refractivity contribution in [3.8, 4) is 0 Å². The van der Waals surface area contributed by atoms with Crippen LogP contribution in [0.2, 0.25) is 0 Å². The van der Waals surface area contributed by atoms with Gasteiger partial charge in [-0.1, -0.05) is 92.2 Å². The van der Waals surface area contributed by atoms with E-state index in [9.17, 15) is 34.2 Å². The van der Waals surface area contributed by atoms with Crippen molar-refractivity contribution in [2.24, 2.45) is 28.6 Å². The molecule has 0 saturated heterocycles. The third-order valence-corrected chi connectivity index (χ3v) is 14.3. The number of nitrogens with zero attached hydrogens (tertiary/aromatic N) is 1. The van der Waals surface area contributed by atoms with Gasteiger partial charge in [-0.15, -0.1) is 0 Å². The van der Waals surface area contributed by atoms with Gasteiger partial charge in [-0.05, 0) is 98.2 Å². The van der Waals surface area contributed by atoms with Crippen molar-refractivity contribution in [1.82, 2.24) is 4.90 Å². The number of aliphatic hydroxyl groups excluding tert-OH is 1. The fraction of sp³-hybridized carbons (Fsp3) is 0.479. The van der Waals surface area contributed by atoms with Gasteiger partial charge < -0.3 is 19.7 Å². The summed E-state index contributed by atoms with van der Waals surface area (Å²) in [7, 11) is 3.71. The number of likely N-dealkylation sites (N-methyl/N-ethyl adjacent to an activating group) is 1. The Labute approximate surface area is 344 Å². The van der Waals surface area contributed by atoms with Gasteiger partial charge in [-0.25, -0.2) is 4.39 Å². The molecule has 4 aliphatic rings. The SMILES string of the molecule is C[C@@H]1C[C@H]2[C@@H]3CCC4=CC(=O)C=C[C@]4(C)[C@@]3(F)[C@@H](O)C[C@]2(C)[C@@]1(O)C(=O)COC(=O)CCC(=O)OCc1ccc([C@H](C(=O)Cc2ccc3ccccc3c2)N(C)C)cc1. The van der Waals surface area contributed by atoms with Crippen molar-refractivity contribution in [1.29, 1.82) is 0 Å². The van der Waals surface area contributed by atoms with Crippen molar-refractivity contribution in [2.45, 2.75) is 95.7 Å². The molecule has 0 amide bonds. The lowest BCUT2D eigenvalue weighted by atomic mass is 9.44. The highest BCUT2D eigenvalue weighted by atomic mass is 19.1. The molecule has 0 unspecified atom stereocenters. The largest absolute Gasteiger partial charge is 0.461 e. The number of ether oxygens (including phenoxy) is 2. The minimum absolute atomic E-state index is 0.0478. The zero-order valence-corrected chi connectivity index (χ0v) is 34.4. The number of allylic oxidation sites excluding steroid dienone is 4. The molecule has 0 aromatic heterocycles. The van der Waals surface area contributed by atoms with E-state index in [1.807, 2.05) is 73.6 Å². The summed E-state index contributed by atoms with van der Waals surface area (Å²) in [5.41, 5.74) is -3.42. The second-order valence-corrected chi connectivity index (χ2v) is 17.8. The molecule has 4 aliphatic carbocycles. The highest BCUT2D eigenvalue weighted by molar-refractivity contribution is 6.01. The fourth-order valence-electron chi connectivity index (χ4n) is 11.1. The van der Waals surface area contributed by atoms with E-state index in [1.54, 1.807) is 39.0 Å². The van der Waals surface area contributed by atoms with E-state index in [0.717, 1.165) is 21.9 Å². The summed E-state index contributed by atoms with van der Waals surface area (Å²) in [6.07, 6.45) is 3.44. The fourth-order valence-corrected chi connectivity index (χ4v) is 11.1. The predicted octanol–water partition coefficient (Wildman–Crippen LogP) is 6.54. The summed E-state index contributed by atoms with van der Waals surface area (Å²) in [6.45, 7) is 4.37. The van der Waals surface area contributed by atoms with Gasteiger partial charge in [0.05, 0.1) is 25.0 Å². The van der Waals surface area contributed by atoms with E-state index >= 15 is 4.39 Å². The van der Waals surface area contributed by atoms with E-state index in [4.69, 9.17) is 9.47 Å². The number of ketones is 3. The van der Waals surface area contributed by atoms with Gasteiger partial charge >= 0.3 is 11.9 Å². The molecule has 7 rings (SSSR count). The Kier molecular flexibility index (Phi) is 11.4.